The molecule has 0 aliphatic carbocycles. The van der Waals surface area contributed by atoms with Crippen molar-refractivity contribution in [1.29, 1.82) is 0 Å². The standard InChI is InChI=1S/C15H27BO4/c1-7-8-9-13(10-11-18-12(2)17)16-19-14(3,4)15(5,6)20-16/h10H,7-9,11H2,1-6H3/b13-10+. The number of hydrogen-bond acceptors (Lipinski definition) is 4. The van der Waals surface area contributed by atoms with Crippen LogP contribution in [-0.4, -0.2) is 30.9 Å². The fourth-order valence-electron chi connectivity index (χ4n) is 1.96. The Kier molecular flexibility index (Phi) is 5.84. The van der Waals surface area contributed by atoms with Gasteiger partial charge in [0.2, 0.25) is 0 Å². The maximum atomic E-state index is 10.9. The van der Waals surface area contributed by atoms with E-state index >= 15 is 0 Å². The van der Waals surface area contributed by atoms with Crippen LogP contribution in [0.15, 0.2) is 11.5 Å². The molecular weight excluding hydrogens is 255 g/mol. The zero-order valence-electron chi connectivity index (χ0n) is 13.6. The molecule has 20 heavy (non-hydrogen) atoms. The minimum absolute atomic E-state index is 0.273. The Morgan fingerprint density at radius 3 is 2.20 bits per heavy atom. The van der Waals surface area contributed by atoms with Crippen molar-refractivity contribution < 1.29 is 18.8 Å². The van der Waals surface area contributed by atoms with Crippen LogP contribution in [0.2, 0.25) is 0 Å². The van der Waals surface area contributed by atoms with E-state index in [9.17, 15) is 4.79 Å². The van der Waals surface area contributed by atoms with E-state index in [-0.39, 0.29) is 30.9 Å². The van der Waals surface area contributed by atoms with E-state index in [4.69, 9.17) is 14.0 Å². The molecule has 0 radical (unpaired) electrons. The number of rotatable bonds is 6. The number of esters is 1. The second-order valence-electron chi connectivity index (χ2n) is 6.27. The van der Waals surface area contributed by atoms with E-state index in [1.54, 1.807) is 0 Å². The molecule has 1 aliphatic heterocycles. The number of unbranched alkanes of at least 4 members (excludes halogenated alkanes) is 1. The zero-order chi connectivity index (χ0) is 15.4. The third-order valence-corrected chi connectivity index (χ3v) is 4.01. The van der Waals surface area contributed by atoms with Gasteiger partial charge in [-0.25, -0.2) is 0 Å². The first kappa shape index (κ1) is 17.2. The van der Waals surface area contributed by atoms with Gasteiger partial charge in [0.1, 0.15) is 6.61 Å². The predicted molar refractivity (Wildman–Crippen MR) is 80.3 cm³/mol. The first-order valence-corrected chi connectivity index (χ1v) is 7.37. The van der Waals surface area contributed by atoms with Crippen LogP contribution >= 0.6 is 0 Å². The van der Waals surface area contributed by atoms with Gasteiger partial charge in [0.05, 0.1) is 11.2 Å². The van der Waals surface area contributed by atoms with Gasteiger partial charge in [-0.3, -0.25) is 4.79 Å². The van der Waals surface area contributed by atoms with Gasteiger partial charge >= 0.3 is 13.1 Å². The summed E-state index contributed by atoms with van der Waals surface area (Å²) in [5, 5.41) is 0. The molecule has 114 valence electrons. The summed E-state index contributed by atoms with van der Waals surface area (Å²) in [5.74, 6) is -0.273. The summed E-state index contributed by atoms with van der Waals surface area (Å²) < 4.78 is 17.1. The Bertz CT molecular complexity index is 358. The zero-order valence-corrected chi connectivity index (χ0v) is 13.6. The molecule has 1 heterocycles. The molecular formula is C15H27BO4. The van der Waals surface area contributed by atoms with Crippen LogP contribution in [0.25, 0.3) is 0 Å². The Labute approximate surface area is 123 Å². The van der Waals surface area contributed by atoms with Crippen LogP contribution in [0.1, 0.15) is 60.8 Å². The van der Waals surface area contributed by atoms with Crippen molar-refractivity contribution in [1.82, 2.24) is 0 Å². The molecule has 1 fully saturated rings. The average Bonchev–Trinajstić information content (AvgIpc) is 2.52. The lowest BCUT2D eigenvalue weighted by Gasteiger charge is -2.32. The van der Waals surface area contributed by atoms with Gasteiger partial charge in [-0.15, -0.1) is 0 Å². The van der Waals surface area contributed by atoms with Crippen LogP contribution in [0.5, 0.6) is 0 Å². The number of hydrogen-bond donors (Lipinski definition) is 0. The molecule has 0 atom stereocenters. The summed E-state index contributed by atoms with van der Waals surface area (Å²) in [4.78, 5) is 10.9. The maximum absolute atomic E-state index is 10.9. The van der Waals surface area contributed by atoms with Crippen LogP contribution < -0.4 is 0 Å². The summed E-state index contributed by atoms with van der Waals surface area (Å²) in [6, 6.07) is 0. The Morgan fingerprint density at radius 1 is 1.20 bits per heavy atom. The van der Waals surface area contributed by atoms with Crippen molar-refractivity contribution in [3.8, 4) is 0 Å². The molecule has 1 aliphatic rings. The molecule has 1 rings (SSSR count). The fraction of sp³-hybridized carbons (Fsp3) is 0.800. The molecule has 1 saturated heterocycles. The molecule has 0 aromatic heterocycles. The van der Waals surface area contributed by atoms with Crippen molar-refractivity contribution in [3.05, 3.63) is 11.5 Å². The highest BCUT2D eigenvalue weighted by Crippen LogP contribution is 2.39. The molecule has 0 N–H and O–H groups in total. The largest absolute Gasteiger partial charge is 0.490 e. The van der Waals surface area contributed by atoms with Crippen molar-refractivity contribution in [2.75, 3.05) is 6.61 Å². The van der Waals surface area contributed by atoms with Crippen molar-refractivity contribution in [3.63, 3.8) is 0 Å². The molecule has 0 unspecified atom stereocenters. The Hall–Kier alpha value is -0.805. The second kappa shape index (κ2) is 6.77. The van der Waals surface area contributed by atoms with Crippen LogP contribution in [0.3, 0.4) is 0 Å². The fourth-order valence-corrected chi connectivity index (χ4v) is 1.96. The summed E-state index contributed by atoms with van der Waals surface area (Å²) in [5.41, 5.74) is 0.376. The van der Waals surface area contributed by atoms with E-state index in [1.165, 1.54) is 6.92 Å². The van der Waals surface area contributed by atoms with Gasteiger partial charge < -0.3 is 14.0 Å². The summed E-state index contributed by atoms with van der Waals surface area (Å²) in [7, 11) is -0.345. The summed E-state index contributed by atoms with van der Waals surface area (Å²) >= 11 is 0. The number of ether oxygens (including phenoxy) is 1. The van der Waals surface area contributed by atoms with Gasteiger partial charge in [-0.1, -0.05) is 25.8 Å². The predicted octanol–water partition coefficient (Wildman–Crippen LogP) is 3.30. The number of carbonyl (C=O) groups is 1. The van der Waals surface area contributed by atoms with Crippen LogP contribution in [0.4, 0.5) is 0 Å². The van der Waals surface area contributed by atoms with E-state index in [0.29, 0.717) is 0 Å². The Morgan fingerprint density at radius 2 is 1.75 bits per heavy atom. The minimum Gasteiger partial charge on any atom is -0.462 e. The average molecular weight is 282 g/mol. The van der Waals surface area contributed by atoms with Crippen molar-refractivity contribution >= 4 is 13.1 Å². The summed E-state index contributed by atoms with van der Waals surface area (Å²) in [6.45, 7) is 12.0. The van der Waals surface area contributed by atoms with Crippen LogP contribution in [0, 0.1) is 0 Å². The molecule has 0 spiro atoms. The quantitative estimate of drug-likeness (QED) is 0.554. The smallest absolute Gasteiger partial charge is 0.462 e. The molecule has 5 heteroatoms. The molecule has 0 bridgehead atoms. The van der Waals surface area contributed by atoms with E-state index in [2.05, 4.69) is 6.92 Å². The van der Waals surface area contributed by atoms with Gasteiger partial charge in [0.25, 0.3) is 0 Å². The highest BCUT2D eigenvalue weighted by Gasteiger charge is 2.52. The second-order valence-corrected chi connectivity index (χ2v) is 6.27. The van der Waals surface area contributed by atoms with Gasteiger partial charge in [0, 0.05) is 6.92 Å². The van der Waals surface area contributed by atoms with Gasteiger partial charge in [-0.2, -0.15) is 0 Å². The van der Waals surface area contributed by atoms with E-state index in [1.807, 2.05) is 33.8 Å². The summed E-state index contributed by atoms with van der Waals surface area (Å²) in [6.07, 6.45) is 4.98. The van der Waals surface area contributed by atoms with Gasteiger partial charge in [0.15, 0.2) is 0 Å². The van der Waals surface area contributed by atoms with Crippen molar-refractivity contribution in [2.45, 2.75) is 72.0 Å². The topological polar surface area (TPSA) is 44.8 Å². The molecule has 4 nitrogen and oxygen atoms in total. The third kappa shape index (κ3) is 4.35. The SMILES string of the molecule is CCCC/C(=C\COC(C)=O)B1OC(C)(C)C(C)(C)O1. The number of allylic oxidation sites excluding steroid dienone is 1. The molecule has 0 amide bonds. The Balaban J connectivity index is 2.76. The highest BCUT2D eigenvalue weighted by atomic mass is 16.7. The first-order valence-electron chi connectivity index (χ1n) is 7.37. The van der Waals surface area contributed by atoms with Gasteiger partial charge in [-0.05, 0) is 39.6 Å². The highest BCUT2D eigenvalue weighted by molar-refractivity contribution is 6.54. The lowest BCUT2D eigenvalue weighted by Crippen LogP contribution is -2.41. The lowest BCUT2D eigenvalue weighted by molar-refractivity contribution is -0.139. The van der Waals surface area contributed by atoms with E-state index < -0.39 is 0 Å². The van der Waals surface area contributed by atoms with Crippen LogP contribution in [-0.2, 0) is 18.8 Å². The van der Waals surface area contributed by atoms with E-state index in [0.717, 1.165) is 24.7 Å². The normalized spacial score (nSPS) is 21.1. The minimum atomic E-state index is -0.345. The van der Waals surface area contributed by atoms with Crippen molar-refractivity contribution in [2.24, 2.45) is 0 Å². The molecule has 0 aromatic carbocycles. The lowest BCUT2D eigenvalue weighted by atomic mass is 9.75. The molecule has 0 saturated carbocycles. The monoisotopic (exact) mass is 282 g/mol. The first-order chi connectivity index (χ1) is 9.19. The maximum Gasteiger partial charge on any atom is 0.490 e. The molecule has 0 aromatic rings. The number of carbonyl (C=O) groups excluding carboxylic acids is 1. The third-order valence-electron chi connectivity index (χ3n) is 4.01.